The molecular weight excluding hydrogens is 248 g/mol. The van der Waals surface area contributed by atoms with Gasteiger partial charge in [0, 0.05) is 26.4 Å². The van der Waals surface area contributed by atoms with Gasteiger partial charge >= 0.3 is 0 Å². The minimum atomic E-state index is -0.0583. The van der Waals surface area contributed by atoms with E-state index in [1.54, 1.807) is 0 Å². The maximum absolute atomic E-state index is 11.3. The molecule has 0 bridgehead atoms. The first-order chi connectivity index (χ1) is 9.02. The van der Waals surface area contributed by atoms with Crippen molar-refractivity contribution in [1.29, 1.82) is 0 Å². The van der Waals surface area contributed by atoms with Crippen molar-refractivity contribution < 1.29 is 19.1 Å². The highest BCUT2D eigenvalue weighted by Crippen LogP contribution is 1.97. The number of carbonyl (C=O) groups excluding carboxylic acids is 2. The van der Waals surface area contributed by atoms with E-state index >= 15 is 0 Å². The summed E-state index contributed by atoms with van der Waals surface area (Å²) in [5.74, 6) is 0.375. The summed E-state index contributed by atoms with van der Waals surface area (Å²) >= 11 is 0. The van der Waals surface area contributed by atoms with E-state index in [2.05, 4.69) is 10.6 Å². The van der Waals surface area contributed by atoms with Gasteiger partial charge in [-0.2, -0.15) is 0 Å². The van der Waals surface area contributed by atoms with Gasteiger partial charge in [0.15, 0.2) is 0 Å². The van der Waals surface area contributed by atoms with Gasteiger partial charge in [-0.3, -0.25) is 9.59 Å². The summed E-state index contributed by atoms with van der Waals surface area (Å²) < 4.78 is 10.5. The Morgan fingerprint density at radius 1 is 0.947 bits per heavy atom. The number of amides is 2. The van der Waals surface area contributed by atoms with Crippen LogP contribution in [0.25, 0.3) is 0 Å². The first-order valence-electron chi connectivity index (χ1n) is 6.69. The van der Waals surface area contributed by atoms with Crippen molar-refractivity contribution in [3.8, 4) is 0 Å². The number of rotatable bonds is 11. The molecule has 0 aromatic carbocycles. The molecule has 0 aliphatic heterocycles. The van der Waals surface area contributed by atoms with Crippen molar-refractivity contribution >= 4 is 11.8 Å². The predicted molar refractivity (Wildman–Crippen MR) is 72.8 cm³/mol. The van der Waals surface area contributed by atoms with Gasteiger partial charge in [-0.1, -0.05) is 13.8 Å². The molecule has 0 saturated carbocycles. The second kappa shape index (κ2) is 11.9. The largest absolute Gasteiger partial charge is 0.377 e. The topological polar surface area (TPSA) is 76.7 Å². The zero-order valence-corrected chi connectivity index (χ0v) is 12.2. The lowest BCUT2D eigenvalue weighted by atomic mass is 10.1. The summed E-state index contributed by atoms with van der Waals surface area (Å²) in [5, 5.41) is 5.42. The predicted octanol–water partition coefficient (Wildman–Crippen LogP) is 0.318. The van der Waals surface area contributed by atoms with Crippen LogP contribution >= 0.6 is 0 Å². The van der Waals surface area contributed by atoms with E-state index in [4.69, 9.17) is 9.47 Å². The molecule has 0 radical (unpaired) electrons. The summed E-state index contributed by atoms with van der Waals surface area (Å²) in [6.45, 7) is 8.46. The van der Waals surface area contributed by atoms with Gasteiger partial charge in [-0.15, -0.1) is 0 Å². The molecule has 112 valence electrons. The Bertz CT molecular complexity index is 257. The van der Waals surface area contributed by atoms with Crippen LogP contribution in [0.3, 0.4) is 0 Å². The fourth-order valence-electron chi connectivity index (χ4n) is 1.33. The van der Waals surface area contributed by atoms with Crippen molar-refractivity contribution in [2.24, 2.45) is 5.92 Å². The van der Waals surface area contributed by atoms with Crippen LogP contribution in [0.15, 0.2) is 0 Å². The highest BCUT2D eigenvalue weighted by atomic mass is 16.5. The fourth-order valence-corrected chi connectivity index (χ4v) is 1.33. The van der Waals surface area contributed by atoms with Gasteiger partial charge in [0.2, 0.25) is 11.8 Å². The molecule has 0 saturated heterocycles. The molecule has 0 rings (SSSR count). The van der Waals surface area contributed by atoms with Crippen molar-refractivity contribution in [3.63, 3.8) is 0 Å². The smallest absolute Gasteiger partial charge is 0.220 e. The summed E-state index contributed by atoms with van der Waals surface area (Å²) in [5.41, 5.74) is 0. The highest BCUT2D eigenvalue weighted by molar-refractivity contribution is 5.76. The van der Waals surface area contributed by atoms with E-state index in [-0.39, 0.29) is 11.8 Å². The zero-order chi connectivity index (χ0) is 14.5. The molecule has 0 heterocycles. The van der Waals surface area contributed by atoms with Crippen LogP contribution in [0.5, 0.6) is 0 Å². The minimum absolute atomic E-state index is 0.0583. The number of hydrogen-bond acceptors (Lipinski definition) is 4. The fraction of sp³-hybridized carbons (Fsp3) is 0.846. The molecule has 0 aliphatic carbocycles. The Morgan fingerprint density at radius 2 is 1.47 bits per heavy atom. The van der Waals surface area contributed by atoms with Crippen LogP contribution in [0, 0.1) is 5.92 Å². The van der Waals surface area contributed by atoms with Crippen molar-refractivity contribution in [2.45, 2.75) is 27.2 Å². The maximum Gasteiger partial charge on any atom is 0.220 e. The second-order valence-corrected chi connectivity index (χ2v) is 4.66. The Morgan fingerprint density at radius 3 is 1.95 bits per heavy atom. The highest BCUT2D eigenvalue weighted by Gasteiger charge is 2.03. The average Bonchev–Trinajstić information content (AvgIpc) is 2.30. The van der Waals surface area contributed by atoms with E-state index in [1.807, 2.05) is 13.8 Å². The molecule has 0 aliphatic rings. The van der Waals surface area contributed by atoms with Crippen molar-refractivity contribution in [2.75, 3.05) is 39.5 Å². The molecule has 0 unspecified atom stereocenters. The summed E-state index contributed by atoms with van der Waals surface area (Å²) in [4.78, 5) is 21.8. The first-order valence-corrected chi connectivity index (χ1v) is 6.69. The molecule has 0 atom stereocenters. The molecule has 0 aromatic heterocycles. The maximum atomic E-state index is 11.3. The van der Waals surface area contributed by atoms with Gasteiger partial charge in [0.1, 0.15) is 0 Å². The van der Waals surface area contributed by atoms with Gasteiger partial charge in [0.25, 0.3) is 0 Å². The summed E-state index contributed by atoms with van der Waals surface area (Å²) in [6.07, 6.45) is 0.548. The lowest BCUT2D eigenvalue weighted by Gasteiger charge is -2.08. The standard InChI is InChI=1S/C13H26N2O4/c1-11(2)10-13(17)15-5-7-19-9-8-18-6-4-14-12(3)16/h11H,4-10H2,1-3H3,(H,14,16)(H,15,17). The third-order valence-electron chi connectivity index (χ3n) is 2.15. The number of carbonyl (C=O) groups is 2. The van der Waals surface area contributed by atoms with E-state index in [0.29, 0.717) is 51.9 Å². The Labute approximate surface area is 115 Å². The molecule has 2 amide bonds. The third-order valence-corrected chi connectivity index (χ3v) is 2.15. The van der Waals surface area contributed by atoms with Gasteiger partial charge in [0.05, 0.1) is 26.4 Å². The monoisotopic (exact) mass is 274 g/mol. The van der Waals surface area contributed by atoms with Gasteiger partial charge in [-0.05, 0) is 5.92 Å². The normalized spacial score (nSPS) is 10.5. The molecule has 0 aromatic rings. The van der Waals surface area contributed by atoms with Crippen LogP contribution in [0.1, 0.15) is 27.2 Å². The van der Waals surface area contributed by atoms with E-state index in [9.17, 15) is 9.59 Å². The molecule has 2 N–H and O–H groups in total. The molecule has 6 heteroatoms. The lowest BCUT2D eigenvalue weighted by molar-refractivity contribution is -0.122. The molecule has 0 fully saturated rings. The van der Waals surface area contributed by atoms with E-state index in [0.717, 1.165) is 0 Å². The average molecular weight is 274 g/mol. The Balaban J connectivity index is 3.14. The van der Waals surface area contributed by atoms with Gasteiger partial charge < -0.3 is 20.1 Å². The third kappa shape index (κ3) is 14.8. The molecule has 19 heavy (non-hydrogen) atoms. The van der Waals surface area contributed by atoms with Crippen LogP contribution < -0.4 is 10.6 Å². The Hall–Kier alpha value is -1.14. The van der Waals surface area contributed by atoms with Crippen LogP contribution in [0.4, 0.5) is 0 Å². The quantitative estimate of drug-likeness (QED) is 0.532. The lowest BCUT2D eigenvalue weighted by Crippen LogP contribution is -2.28. The Kier molecular flexibility index (Phi) is 11.2. The van der Waals surface area contributed by atoms with E-state index in [1.165, 1.54) is 6.92 Å². The zero-order valence-electron chi connectivity index (χ0n) is 12.2. The van der Waals surface area contributed by atoms with Crippen molar-refractivity contribution in [3.05, 3.63) is 0 Å². The number of ether oxygens (including phenoxy) is 2. The molecule has 0 spiro atoms. The summed E-state index contributed by atoms with van der Waals surface area (Å²) in [6, 6.07) is 0. The van der Waals surface area contributed by atoms with Gasteiger partial charge in [-0.25, -0.2) is 0 Å². The SMILES string of the molecule is CC(=O)NCCOCCOCCNC(=O)CC(C)C. The van der Waals surface area contributed by atoms with E-state index < -0.39 is 0 Å². The van der Waals surface area contributed by atoms with Crippen LogP contribution in [-0.2, 0) is 19.1 Å². The summed E-state index contributed by atoms with van der Waals surface area (Å²) in [7, 11) is 0. The molecule has 6 nitrogen and oxygen atoms in total. The molecular formula is C13H26N2O4. The number of hydrogen-bond donors (Lipinski definition) is 2. The number of nitrogens with one attached hydrogen (secondary N) is 2. The van der Waals surface area contributed by atoms with Crippen LogP contribution in [-0.4, -0.2) is 51.3 Å². The minimum Gasteiger partial charge on any atom is -0.377 e. The first kappa shape index (κ1) is 17.9. The van der Waals surface area contributed by atoms with Crippen molar-refractivity contribution in [1.82, 2.24) is 10.6 Å². The van der Waals surface area contributed by atoms with Crippen LogP contribution in [0.2, 0.25) is 0 Å². The second-order valence-electron chi connectivity index (χ2n) is 4.66.